The van der Waals surface area contributed by atoms with Crippen LogP contribution in [-0.4, -0.2) is 22.1 Å². The zero-order valence-electron chi connectivity index (χ0n) is 10.5. The summed E-state index contributed by atoms with van der Waals surface area (Å²) in [5, 5.41) is 0. The molecule has 16 heavy (non-hydrogen) atoms. The number of hydrogen-bond donors (Lipinski definition) is 0. The average Bonchev–Trinajstić information content (AvgIpc) is 2.61. The predicted octanol–water partition coefficient (Wildman–Crippen LogP) is 3.39. The molecule has 84 valence electrons. The van der Waals surface area contributed by atoms with Gasteiger partial charge in [-0.15, -0.1) is 0 Å². The molecule has 0 saturated heterocycles. The molecule has 0 amide bonds. The maximum Gasteiger partial charge on any atom is 0.153 e. The van der Waals surface area contributed by atoms with E-state index < -0.39 is 0 Å². The van der Waals surface area contributed by atoms with Crippen molar-refractivity contribution >= 4 is 23.6 Å². The Morgan fingerprint density at radius 3 is 2.25 bits per heavy atom. The van der Waals surface area contributed by atoms with E-state index in [2.05, 4.69) is 60.8 Å². The zero-order chi connectivity index (χ0) is 11.7. The van der Waals surface area contributed by atoms with Crippen molar-refractivity contribution in [1.82, 2.24) is 4.23 Å². The summed E-state index contributed by atoms with van der Waals surface area (Å²) in [5.41, 5.74) is 4.47. The van der Waals surface area contributed by atoms with E-state index in [-0.39, 0.29) is 17.9 Å². The van der Waals surface area contributed by atoms with Crippen LogP contribution >= 0.6 is 0 Å². The maximum absolute atomic E-state index is 2.71. The van der Waals surface area contributed by atoms with Crippen molar-refractivity contribution in [2.75, 3.05) is 0 Å². The van der Waals surface area contributed by atoms with Crippen molar-refractivity contribution in [2.24, 2.45) is 0 Å². The number of fused-ring (bicyclic) bond motifs is 1. The molecule has 1 aromatic rings. The van der Waals surface area contributed by atoms with Crippen LogP contribution < -0.4 is 0 Å². The Labute approximate surface area is 102 Å². The molecule has 0 fully saturated rings. The molecule has 1 aliphatic rings. The van der Waals surface area contributed by atoms with E-state index in [1.54, 1.807) is 0 Å². The standard InChI is InChI=1S/C13H19NSi2/c1-15(2)14(16(3)4)13-10-9-11-7-5-6-8-12(11)13/h5-8,10H,9H2,1-4H3. The molecular weight excluding hydrogens is 226 g/mol. The predicted molar refractivity (Wildman–Crippen MR) is 74.9 cm³/mol. The van der Waals surface area contributed by atoms with Crippen LogP contribution in [0.2, 0.25) is 26.2 Å². The molecule has 0 aliphatic heterocycles. The molecule has 1 aliphatic carbocycles. The van der Waals surface area contributed by atoms with E-state index in [1.807, 2.05) is 0 Å². The van der Waals surface area contributed by atoms with E-state index in [1.165, 1.54) is 16.8 Å². The lowest BCUT2D eigenvalue weighted by Crippen LogP contribution is -2.41. The van der Waals surface area contributed by atoms with Crippen LogP contribution in [0.15, 0.2) is 30.3 Å². The smallest absolute Gasteiger partial charge is 0.153 e. The third kappa shape index (κ3) is 2.02. The Balaban J connectivity index is 2.36. The number of rotatable bonds is 3. The van der Waals surface area contributed by atoms with Crippen LogP contribution in [-0.2, 0) is 6.42 Å². The molecule has 0 spiro atoms. The first-order valence-corrected chi connectivity index (χ1v) is 10.7. The summed E-state index contributed by atoms with van der Waals surface area (Å²) < 4.78 is 2.71. The highest BCUT2D eigenvalue weighted by atomic mass is 28.3. The second-order valence-corrected chi connectivity index (χ2v) is 9.81. The lowest BCUT2D eigenvalue weighted by Gasteiger charge is -2.33. The van der Waals surface area contributed by atoms with E-state index in [9.17, 15) is 0 Å². The van der Waals surface area contributed by atoms with Gasteiger partial charge in [-0.25, -0.2) is 0 Å². The zero-order valence-corrected chi connectivity index (χ0v) is 12.5. The minimum absolute atomic E-state index is 0.387. The Morgan fingerprint density at radius 1 is 1.00 bits per heavy atom. The fourth-order valence-electron chi connectivity index (χ4n) is 2.41. The fourth-order valence-corrected chi connectivity index (χ4v) is 7.37. The van der Waals surface area contributed by atoms with Gasteiger partial charge in [0.25, 0.3) is 0 Å². The molecule has 0 N–H and O–H groups in total. The normalized spacial score (nSPS) is 14.2. The molecule has 0 unspecified atom stereocenters. The summed E-state index contributed by atoms with van der Waals surface area (Å²) in [5.74, 6) is 0. The number of hydrogen-bond acceptors (Lipinski definition) is 1. The molecule has 0 atom stereocenters. The highest BCUT2D eigenvalue weighted by Gasteiger charge is 2.24. The van der Waals surface area contributed by atoms with Crippen molar-refractivity contribution in [3.05, 3.63) is 41.5 Å². The molecule has 2 rings (SSSR count). The lowest BCUT2D eigenvalue weighted by atomic mass is 10.1. The van der Waals surface area contributed by atoms with Crippen LogP contribution in [0.5, 0.6) is 0 Å². The summed E-state index contributed by atoms with van der Waals surface area (Å²) in [7, 11) is -0.774. The van der Waals surface area contributed by atoms with Gasteiger partial charge >= 0.3 is 0 Å². The molecule has 3 heteroatoms. The van der Waals surface area contributed by atoms with Gasteiger partial charge in [-0.3, -0.25) is 0 Å². The molecule has 0 saturated carbocycles. The number of benzene rings is 1. The van der Waals surface area contributed by atoms with Crippen molar-refractivity contribution < 1.29 is 0 Å². The lowest BCUT2D eigenvalue weighted by molar-refractivity contribution is 0.925. The van der Waals surface area contributed by atoms with Gasteiger partial charge in [0, 0.05) is 5.70 Å². The molecule has 2 radical (unpaired) electrons. The van der Waals surface area contributed by atoms with Crippen molar-refractivity contribution in [3.8, 4) is 0 Å². The topological polar surface area (TPSA) is 3.24 Å². The minimum atomic E-state index is -0.387. The monoisotopic (exact) mass is 245 g/mol. The average molecular weight is 245 g/mol. The summed E-state index contributed by atoms with van der Waals surface area (Å²) in [6, 6.07) is 8.84. The van der Waals surface area contributed by atoms with E-state index in [0.717, 1.165) is 6.42 Å². The van der Waals surface area contributed by atoms with Gasteiger partial charge in [0.2, 0.25) is 0 Å². The first kappa shape index (κ1) is 11.7. The Morgan fingerprint density at radius 2 is 1.62 bits per heavy atom. The summed E-state index contributed by atoms with van der Waals surface area (Å²) in [6.07, 6.45) is 3.53. The maximum atomic E-state index is 2.71. The van der Waals surface area contributed by atoms with Crippen LogP contribution in [0.3, 0.4) is 0 Å². The van der Waals surface area contributed by atoms with Gasteiger partial charge in [0.15, 0.2) is 17.9 Å². The van der Waals surface area contributed by atoms with Crippen molar-refractivity contribution in [1.29, 1.82) is 0 Å². The SMILES string of the molecule is C[Si](C)N(C1=CCc2ccccc21)[Si](C)C. The highest BCUT2D eigenvalue weighted by molar-refractivity contribution is 6.72. The quantitative estimate of drug-likeness (QED) is 0.738. The Kier molecular flexibility index (Phi) is 3.35. The first-order valence-electron chi connectivity index (χ1n) is 5.80. The molecule has 0 bridgehead atoms. The summed E-state index contributed by atoms with van der Waals surface area (Å²) >= 11 is 0. The van der Waals surface area contributed by atoms with Gasteiger partial charge in [-0.05, 0) is 17.5 Å². The number of nitrogens with zero attached hydrogens (tertiary/aromatic N) is 1. The van der Waals surface area contributed by atoms with Gasteiger partial charge in [-0.2, -0.15) is 0 Å². The van der Waals surface area contributed by atoms with E-state index >= 15 is 0 Å². The van der Waals surface area contributed by atoms with Crippen LogP contribution in [0.25, 0.3) is 5.70 Å². The van der Waals surface area contributed by atoms with Crippen LogP contribution in [0.4, 0.5) is 0 Å². The number of allylic oxidation sites excluding steroid dienone is 1. The summed E-state index contributed by atoms with van der Waals surface area (Å²) in [4.78, 5) is 0. The third-order valence-corrected chi connectivity index (χ3v) is 7.90. The third-order valence-electron chi connectivity index (χ3n) is 2.94. The van der Waals surface area contributed by atoms with Crippen LogP contribution in [0, 0.1) is 0 Å². The fraction of sp³-hybridized carbons (Fsp3) is 0.385. The molecule has 1 aromatic carbocycles. The van der Waals surface area contributed by atoms with Gasteiger partial charge < -0.3 is 4.23 Å². The molecular formula is C13H19NSi2. The van der Waals surface area contributed by atoms with E-state index in [4.69, 9.17) is 0 Å². The first-order chi connectivity index (χ1) is 7.61. The summed E-state index contributed by atoms with van der Waals surface area (Å²) in [6.45, 7) is 9.57. The van der Waals surface area contributed by atoms with Gasteiger partial charge in [0.05, 0.1) is 0 Å². The second-order valence-electron chi connectivity index (χ2n) is 4.68. The van der Waals surface area contributed by atoms with Gasteiger partial charge in [-0.1, -0.05) is 56.5 Å². The van der Waals surface area contributed by atoms with Crippen molar-refractivity contribution in [3.63, 3.8) is 0 Å². The molecule has 0 heterocycles. The van der Waals surface area contributed by atoms with E-state index in [0.29, 0.717) is 0 Å². The molecule has 1 nitrogen and oxygen atoms in total. The van der Waals surface area contributed by atoms with Crippen LogP contribution in [0.1, 0.15) is 11.1 Å². The van der Waals surface area contributed by atoms with Gasteiger partial charge in [0.1, 0.15) is 0 Å². The van der Waals surface area contributed by atoms with Crippen molar-refractivity contribution in [2.45, 2.75) is 32.6 Å². The highest BCUT2D eigenvalue weighted by Crippen LogP contribution is 2.31. The Bertz CT molecular complexity index is 402. The largest absolute Gasteiger partial charge is 0.425 e. The second kappa shape index (κ2) is 4.59. The Hall–Kier alpha value is -0.806. The molecule has 0 aromatic heterocycles. The minimum Gasteiger partial charge on any atom is -0.425 e.